The maximum atomic E-state index is 12.3. The van der Waals surface area contributed by atoms with Crippen LogP contribution in [0.4, 0.5) is 0 Å². The first kappa shape index (κ1) is 58.6. The summed E-state index contributed by atoms with van der Waals surface area (Å²) in [4.78, 5) is 24.4. The van der Waals surface area contributed by atoms with E-state index < -0.39 is 6.10 Å². The van der Waals surface area contributed by atoms with Gasteiger partial charge in [-0.2, -0.15) is 0 Å². The zero-order valence-corrected chi connectivity index (χ0v) is 40.1. The van der Waals surface area contributed by atoms with Gasteiger partial charge < -0.3 is 14.6 Å². The molecule has 0 heterocycles. The van der Waals surface area contributed by atoms with Gasteiger partial charge in [-0.3, -0.25) is 9.59 Å². The van der Waals surface area contributed by atoms with Crippen LogP contribution in [0.5, 0.6) is 0 Å². The third-order valence-corrected chi connectivity index (χ3v) is 10.6. The van der Waals surface area contributed by atoms with Crippen LogP contribution < -0.4 is 0 Å². The zero-order valence-electron chi connectivity index (χ0n) is 40.1. The molecule has 1 unspecified atom stereocenters. The van der Waals surface area contributed by atoms with Gasteiger partial charge in [0.15, 0.2) is 6.10 Å². The maximum absolute atomic E-state index is 12.3. The fourth-order valence-corrected chi connectivity index (χ4v) is 6.74. The minimum Gasteiger partial charge on any atom is -0.462 e. The van der Waals surface area contributed by atoms with Gasteiger partial charge in [-0.15, -0.1) is 0 Å². The first-order valence-corrected chi connectivity index (χ1v) is 25.4. The van der Waals surface area contributed by atoms with Crippen LogP contribution in [0, 0.1) is 0 Å². The molecular weight excluding hydrogens is 765 g/mol. The Hall–Kier alpha value is -3.44. The summed E-state index contributed by atoms with van der Waals surface area (Å²) >= 11 is 0. The van der Waals surface area contributed by atoms with Crippen LogP contribution in [0.1, 0.15) is 219 Å². The first-order valence-electron chi connectivity index (χ1n) is 25.4. The van der Waals surface area contributed by atoms with E-state index in [-0.39, 0.29) is 25.2 Å². The van der Waals surface area contributed by atoms with Gasteiger partial charge in [0.25, 0.3) is 0 Å². The molecule has 0 amide bonds. The van der Waals surface area contributed by atoms with Crippen LogP contribution in [0.15, 0.2) is 109 Å². The van der Waals surface area contributed by atoms with E-state index in [1.165, 1.54) is 103 Å². The number of hydrogen-bond acceptors (Lipinski definition) is 5. The van der Waals surface area contributed by atoms with E-state index in [0.29, 0.717) is 12.8 Å². The molecule has 0 spiro atoms. The molecule has 352 valence electrons. The van der Waals surface area contributed by atoms with Gasteiger partial charge in [0.1, 0.15) is 6.61 Å². The Morgan fingerprint density at radius 2 is 0.694 bits per heavy atom. The van der Waals surface area contributed by atoms with Crippen molar-refractivity contribution in [2.24, 2.45) is 0 Å². The summed E-state index contributed by atoms with van der Waals surface area (Å²) in [5, 5.41) is 9.62. The predicted octanol–water partition coefficient (Wildman–Crippen LogP) is 17.0. The molecule has 0 radical (unpaired) electrons. The Kier molecular flexibility index (Phi) is 49.0. The standard InChI is InChI=1S/C57H94O5/c1-3-5-7-9-11-13-15-17-19-21-23-25-26-27-28-29-30-32-34-36-38-40-42-44-46-48-50-52-57(60)62-55(53-58)54-61-56(59)51-49-47-45-43-41-39-37-35-33-31-24-22-20-18-16-14-12-10-8-6-4-2/h5,7,11,13,17,19,22-25,27-28,30,32,36,38,42,44,55,58H,3-4,6,8-10,12,14-16,18,20-21,26,29,31,33-35,37,39-41,43,45-54H2,1-2H3/b7-5-,13-11-,19-17-,24-22-,25-23-,28-27-,32-30-,38-36-,44-42-. The summed E-state index contributed by atoms with van der Waals surface area (Å²) < 4.78 is 10.6. The van der Waals surface area contributed by atoms with Crippen LogP contribution >= 0.6 is 0 Å². The second-order valence-electron chi connectivity index (χ2n) is 16.5. The van der Waals surface area contributed by atoms with Crippen molar-refractivity contribution in [3.63, 3.8) is 0 Å². The van der Waals surface area contributed by atoms with Gasteiger partial charge in [0.2, 0.25) is 0 Å². The van der Waals surface area contributed by atoms with Crippen molar-refractivity contribution in [2.75, 3.05) is 13.2 Å². The molecule has 1 atom stereocenters. The zero-order chi connectivity index (χ0) is 44.9. The molecule has 0 aromatic rings. The van der Waals surface area contributed by atoms with Crippen molar-refractivity contribution in [2.45, 2.75) is 225 Å². The summed E-state index contributed by atoms with van der Waals surface area (Å²) in [5.74, 6) is -0.649. The SMILES string of the molecule is CC/C=C\C/C=C\C/C=C\C/C=C\C/C=C\C/C=C\C/C=C\C/C=C\CCCCC(=O)OC(CO)COC(=O)CCCCCCCCCCC/C=C\CCCCCCCCCC. The number of aliphatic hydroxyl groups excluding tert-OH is 1. The maximum Gasteiger partial charge on any atom is 0.306 e. The van der Waals surface area contributed by atoms with Crippen molar-refractivity contribution in [3.05, 3.63) is 109 Å². The largest absolute Gasteiger partial charge is 0.462 e. The average molecular weight is 859 g/mol. The number of carbonyl (C=O) groups excluding carboxylic acids is 2. The molecule has 0 aromatic heterocycles. The Morgan fingerprint density at radius 3 is 1.10 bits per heavy atom. The Balaban J connectivity index is 3.65. The lowest BCUT2D eigenvalue weighted by atomic mass is 10.1. The van der Waals surface area contributed by atoms with Crippen molar-refractivity contribution in [3.8, 4) is 0 Å². The van der Waals surface area contributed by atoms with Gasteiger partial charge in [-0.25, -0.2) is 0 Å². The fourth-order valence-electron chi connectivity index (χ4n) is 6.74. The topological polar surface area (TPSA) is 72.8 Å². The second-order valence-corrected chi connectivity index (χ2v) is 16.5. The van der Waals surface area contributed by atoms with Crippen molar-refractivity contribution in [1.29, 1.82) is 0 Å². The van der Waals surface area contributed by atoms with Gasteiger partial charge in [-0.05, 0) is 103 Å². The molecule has 0 rings (SSSR count). The van der Waals surface area contributed by atoms with E-state index in [2.05, 4.69) is 123 Å². The quantitative estimate of drug-likeness (QED) is 0.0375. The molecule has 5 nitrogen and oxygen atoms in total. The lowest BCUT2D eigenvalue weighted by Crippen LogP contribution is -2.28. The minimum absolute atomic E-state index is 0.0908. The van der Waals surface area contributed by atoms with Crippen molar-refractivity contribution >= 4 is 11.9 Å². The number of rotatable bonds is 45. The molecular formula is C57H94O5. The number of allylic oxidation sites excluding steroid dienone is 18. The molecule has 0 aliphatic heterocycles. The highest BCUT2D eigenvalue weighted by atomic mass is 16.6. The molecule has 0 bridgehead atoms. The number of aliphatic hydroxyl groups is 1. The average Bonchev–Trinajstić information content (AvgIpc) is 3.28. The van der Waals surface area contributed by atoms with Crippen LogP contribution in [0.2, 0.25) is 0 Å². The van der Waals surface area contributed by atoms with Crippen molar-refractivity contribution in [1.82, 2.24) is 0 Å². The lowest BCUT2D eigenvalue weighted by Gasteiger charge is -2.15. The summed E-state index contributed by atoms with van der Waals surface area (Å²) in [7, 11) is 0. The number of esters is 2. The molecule has 5 heteroatoms. The van der Waals surface area contributed by atoms with Gasteiger partial charge in [0, 0.05) is 12.8 Å². The van der Waals surface area contributed by atoms with Crippen LogP contribution in [0.25, 0.3) is 0 Å². The van der Waals surface area contributed by atoms with Crippen molar-refractivity contribution < 1.29 is 24.2 Å². The number of unbranched alkanes of at least 4 members (excludes halogenated alkanes) is 19. The van der Waals surface area contributed by atoms with Crippen LogP contribution in [-0.4, -0.2) is 36.4 Å². The van der Waals surface area contributed by atoms with Gasteiger partial charge >= 0.3 is 11.9 Å². The predicted molar refractivity (Wildman–Crippen MR) is 269 cm³/mol. The summed E-state index contributed by atoms with van der Waals surface area (Å²) in [6.45, 7) is 3.99. The van der Waals surface area contributed by atoms with Gasteiger partial charge in [-0.1, -0.05) is 213 Å². The second kappa shape index (κ2) is 51.9. The molecule has 0 saturated carbocycles. The van der Waals surface area contributed by atoms with E-state index in [4.69, 9.17) is 9.47 Å². The summed E-state index contributed by atoms with van der Waals surface area (Å²) in [5.41, 5.74) is 0. The van der Waals surface area contributed by atoms with E-state index >= 15 is 0 Å². The highest BCUT2D eigenvalue weighted by molar-refractivity contribution is 5.70. The molecule has 1 N–H and O–H groups in total. The smallest absolute Gasteiger partial charge is 0.306 e. The minimum atomic E-state index is -0.804. The van der Waals surface area contributed by atoms with Gasteiger partial charge in [0.05, 0.1) is 6.61 Å². The van der Waals surface area contributed by atoms with Crippen LogP contribution in [0.3, 0.4) is 0 Å². The Bertz CT molecular complexity index is 1250. The monoisotopic (exact) mass is 859 g/mol. The third kappa shape index (κ3) is 49.2. The van der Waals surface area contributed by atoms with E-state index in [9.17, 15) is 14.7 Å². The van der Waals surface area contributed by atoms with Crippen LogP contribution in [-0.2, 0) is 19.1 Å². The number of ether oxygens (including phenoxy) is 2. The summed E-state index contributed by atoms with van der Waals surface area (Å²) in [6, 6.07) is 0. The van der Waals surface area contributed by atoms with E-state index in [0.717, 1.165) is 89.9 Å². The molecule has 0 aliphatic rings. The summed E-state index contributed by atoms with van der Waals surface area (Å²) in [6.07, 6.45) is 74.6. The Morgan fingerprint density at radius 1 is 0.387 bits per heavy atom. The molecule has 0 saturated heterocycles. The fraction of sp³-hybridized carbons (Fsp3) is 0.649. The molecule has 0 aliphatic carbocycles. The molecule has 62 heavy (non-hydrogen) atoms. The van der Waals surface area contributed by atoms with E-state index in [1.807, 2.05) is 0 Å². The molecule has 0 aromatic carbocycles. The first-order chi connectivity index (χ1) is 30.6. The third-order valence-electron chi connectivity index (χ3n) is 10.6. The highest BCUT2D eigenvalue weighted by Gasteiger charge is 2.16. The molecule has 0 fully saturated rings. The number of hydrogen-bond donors (Lipinski definition) is 1. The number of carbonyl (C=O) groups is 2. The lowest BCUT2D eigenvalue weighted by molar-refractivity contribution is -0.161. The Labute approximate surface area is 382 Å². The normalized spacial score (nSPS) is 13.1. The van der Waals surface area contributed by atoms with E-state index in [1.54, 1.807) is 0 Å². The highest BCUT2D eigenvalue weighted by Crippen LogP contribution is 2.14.